The lowest BCUT2D eigenvalue weighted by Crippen LogP contribution is -2.26. The van der Waals surface area contributed by atoms with Crippen LogP contribution >= 0.6 is 23.7 Å². The molecule has 0 bridgehead atoms. The summed E-state index contributed by atoms with van der Waals surface area (Å²) in [4.78, 5) is 18.3. The maximum atomic E-state index is 12.4. The molecule has 2 aromatic rings. The maximum absolute atomic E-state index is 12.4. The Morgan fingerprint density at radius 1 is 1.41 bits per heavy atom. The van der Waals surface area contributed by atoms with Gasteiger partial charge in [-0.2, -0.15) is 0 Å². The quantitative estimate of drug-likeness (QED) is 0.875. The normalized spacial score (nSPS) is 9.95. The Morgan fingerprint density at radius 2 is 2.14 bits per heavy atom. The van der Waals surface area contributed by atoms with Gasteiger partial charge in [-0.25, -0.2) is 4.98 Å². The lowest BCUT2D eigenvalue weighted by molar-refractivity contribution is 0.0779. The summed E-state index contributed by atoms with van der Waals surface area (Å²) in [5.74, 6) is 0.680. The van der Waals surface area contributed by atoms with E-state index in [9.17, 15) is 4.79 Å². The Kier molecular flexibility index (Phi) is 7.31. The zero-order valence-electron chi connectivity index (χ0n) is 12.6. The summed E-state index contributed by atoms with van der Waals surface area (Å²) in [5, 5.41) is 2.68. The number of ether oxygens (including phenoxy) is 1. The van der Waals surface area contributed by atoms with Crippen molar-refractivity contribution in [2.75, 3.05) is 20.7 Å². The Morgan fingerprint density at radius 3 is 2.82 bits per heavy atom. The van der Waals surface area contributed by atoms with Crippen LogP contribution in [0.25, 0.3) is 0 Å². The van der Waals surface area contributed by atoms with E-state index in [-0.39, 0.29) is 18.3 Å². The minimum absolute atomic E-state index is 0. The topological polar surface area (TPSA) is 68.5 Å². The molecule has 0 saturated heterocycles. The number of carbonyl (C=O) groups is 1. The third-order valence-corrected chi connectivity index (χ3v) is 3.98. The minimum atomic E-state index is -0.0968. The number of aromatic nitrogens is 1. The number of carbonyl (C=O) groups excluding carboxylic acids is 1. The van der Waals surface area contributed by atoms with Crippen LogP contribution in [0.15, 0.2) is 29.6 Å². The highest BCUT2D eigenvalue weighted by molar-refractivity contribution is 7.09. The van der Waals surface area contributed by atoms with Crippen LogP contribution in [0.1, 0.15) is 21.1 Å². The van der Waals surface area contributed by atoms with E-state index in [1.807, 2.05) is 24.3 Å². The van der Waals surface area contributed by atoms with Gasteiger partial charge < -0.3 is 15.4 Å². The van der Waals surface area contributed by atoms with Crippen molar-refractivity contribution in [3.05, 3.63) is 45.9 Å². The predicted octanol–water partition coefficient (Wildman–Crippen LogP) is 2.35. The molecule has 0 atom stereocenters. The molecule has 1 aromatic carbocycles. The second-order valence-corrected chi connectivity index (χ2v) is 5.58. The Bertz CT molecular complexity index is 618. The van der Waals surface area contributed by atoms with Crippen molar-refractivity contribution in [1.82, 2.24) is 9.88 Å². The number of hydrogen-bond acceptors (Lipinski definition) is 5. The molecule has 5 nitrogen and oxygen atoms in total. The molecule has 0 aliphatic carbocycles. The molecule has 0 spiro atoms. The second kappa shape index (κ2) is 8.73. The lowest BCUT2D eigenvalue weighted by Gasteiger charge is -2.17. The molecule has 22 heavy (non-hydrogen) atoms. The van der Waals surface area contributed by atoms with Gasteiger partial charge in [0.15, 0.2) is 0 Å². The van der Waals surface area contributed by atoms with E-state index in [4.69, 9.17) is 10.5 Å². The van der Waals surface area contributed by atoms with Crippen LogP contribution in [-0.2, 0) is 13.0 Å². The number of methoxy groups -OCH3 is 1. The average molecular weight is 342 g/mol. The number of hydrogen-bond donors (Lipinski definition) is 1. The fourth-order valence-corrected chi connectivity index (χ4v) is 2.79. The highest BCUT2D eigenvalue weighted by Gasteiger charge is 2.16. The molecule has 120 valence electrons. The van der Waals surface area contributed by atoms with Gasteiger partial charge in [0.05, 0.1) is 12.1 Å². The van der Waals surface area contributed by atoms with E-state index < -0.39 is 0 Å². The summed E-state index contributed by atoms with van der Waals surface area (Å²) in [6, 6.07) is 7.67. The van der Waals surface area contributed by atoms with Gasteiger partial charge >= 0.3 is 0 Å². The van der Waals surface area contributed by atoms with Crippen LogP contribution in [0.5, 0.6) is 5.75 Å². The molecule has 0 aliphatic rings. The highest BCUT2D eigenvalue weighted by Crippen LogP contribution is 2.20. The second-order valence-electron chi connectivity index (χ2n) is 4.64. The summed E-state index contributed by atoms with van der Waals surface area (Å²) in [6.45, 7) is 1.02. The average Bonchev–Trinajstić information content (AvgIpc) is 2.96. The van der Waals surface area contributed by atoms with Crippen molar-refractivity contribution >= 4 is 29.7 Å². The Balaban J connectivity index is 0.00000242. The van der Waals surface area contributed by atoms with E-state index in [0.717, 1.165) is 16.3 Å². The molecule has 0 unspecified atom stereocenters. The molecule has 1 heterocycles. The van der Waals surface area contributed by atoms with Gasteiger partial charge in [-0.3, -0.25) is 4.79 Å². The van der Waals surface area contributed by atoms with E-state index in [1.54, 1.807) is 24.4 Å². The Hall–Kier alpha value is -1.63. The van der Waals surface area contributed by atoms with Gasteiger partial charge in [0.1, 0.15) is 11.4 Å². The monoisotopic (exact) mass is 341 g/mol. The fourth-order valence-electron chi connectivity index (χ4n) is 2.00. The SMILES string of the molecule is COc1ccccc1CN(C)C(=O)c1csc(CCN)n1.Cl. The first-order valence-electron chi connectivity index (χ1n) is 6.67. The fraction of sp³-hybridized carbons (Fsp3) is 0.333. The van der Waals surface area contributed by atoms with Crippen molar-refractivity contribution in [1.29, 1.82) is 0 Å². The molecule has 0 fully saturated rings. The van der Waals surface area contributed by atoms with Crippen molar-refractivity contribution in [3.63, 3.8) is 0 Å². The molecule has 1 amide bonds. The number of nitrogens with two attached hydrogens (primary N) is 1. The summed E-state index contributed by atoms with van der Waals surface area (Å²) in [6.07, 6.45) is 0.703. The molecule has 7 heteroatoms. The molecule has 2 N–H and O–H groups in total. The summed E-state index contributed by atoms with van der Waals surface area (Å²) < 4.78 is 5.30. The summed E-state index contributed by atoms with van der Waals surface area (Å²) >= 11 is 1.47. The first kappa shape index (κ1) is 18.4. The summed E-state index contributed by atoms with van der Waals surface area (Å²) in [7, 11) is 3.39. The molecular weight excluding hydrogens is 322 g/mol. The highest BCUT2D eigenvalue weighted by atomic mass is 35.5. The van der Waals surface area contributed by atoms with E-state index in [0.29, 0.717) is 25.2 Å². The maximum Gasteiger partial charge on any atom is 0.273 e. The van der Waals surface area contributed by atoms with Crippen LogP contribution in [0.4, 0.5) is 0 Å². The number of benzene rings is 1. The number of thiazole rings is 1. The largest absolute Gasteiger partial charge is 0.496 e. The number of amides is 1. The van der Waals surface area contributed by atoms with E-state index in [1.165, 1.54) is 11.3 Å². The molecule has 0 radical (unpaired) electrons. The molecule has 0 aliphatic heterocycles. The van der Waals surface area contributed by atoms with Gasteiger partial charge in [0.2, 0.25) is 0 Å². The van der Waals surface area contributed by atoms with Crippen molar-refractivity contribution in [2.45, 2.75) is 13.0 Å². The minimum Gasteiger partial charge on any atom is -0.496 e. The van der Waals surface area contributed by atoms with Gasteiger partial charge in [0.25, 0.3) is 5.91 Å². The summed E-state index contributed by atoms with van der Waals surface area (Å²) in [5.41, 5.74) is 6.94. The molecular formula is C15H20ClN3O2S. The smallest absolute Gasteiger partial charge is 0.273 e. The van der Waals surface area contributed by atoms with Crippen LogP contribution in [-0.4, -0.2) is 36.5 Å². The number of halogens is 1. The van der Waals surface area contributed by atoms with Gasteiger partial charge in [-0.1, -0.05) is 18.2 Å². The van der Waals surface area contributed by atoms with E-state index in [2.05, 4.69) is 4.98 Å². The zero-order valence-corrected chi connectivity index (χ0v) is 14.2. The van der Waals surface area contributed by atoms with Crippen molar-refractivity contribution in [2.24, 2.45) is 5.73 Å². The standard InChI is InChI=1S/C15H19N3O2S.ClH/c1-18(9-11-5-3-4-6-13(11)20-2)15(19)12-10-21-14(17-12)7-8-16;/h3-6,10H,7-9,16H2,1-2H3;1H. The van der Waals surface area contributed by atoms with Crippen LogP contribution in [0.3, 0.4) is 0 Å². The first-order valence-corrected chi connectivity index (χ1v) is 7.55. The molecule has 2 rings (SSSR count). The van der Waals surface area contributed by atoms with Gasteiger partial charge in [-0.05, 0) is 12.6 Å². The van der Waals surface area contributed by atoms with Gasteiger partial charge in [0, 0.05) is 31.0 Å². The predicted molar refractivity (Wildman–Crippen MR) is 90.9 cm³/mol. The third kappa shape index (κ3) is 4.43. The van der Waals surface area contributed by atoms with Gasteiger partial charge in [-0.15, -0.1) is 23.7 Å². The third-order valence-electron chi connectivity index (χ3n) is 3.08. The number of nitrogens with zero attached hydrogens (tertiary/aromatic N) is 2. The first-order chi connectivity index (χ1) is 10.2. The molecule has 1 aromatic heterocycles. The molecule has 0 saturated carbocycles. The van der Waals surface area contributed by atoms with E-state index >= 15 is 0 Å². The zero-order chi connectivity index (χ0) is 15.2. The van der Waals surface area contributed by atoms with Crippen molar-refractivity contribution < 1.29 is 9.53 Å². The number of rotatable bonds is 6. The van der Waals surface area contributed by atoms with Crippen LogP contribution in [0, 0.1) is 0 Å². The number of para-hydroxylation sites is 1. The van der Waals surface area contributed by atoms with Crippen molar-refractivity contribution in [3.8, 4) is 5.75 Å². The van der Waals surface area contributed by atoms with Crippen LogP contribution < -0.4 is 10.5 Å². The van der Waals surface area contributed by atoms with Crippen LogP contribution in [0.2, 0.25) is 0 Å². The lowest BCUT2D eigenvalue weighted by atomic mass is 10.2. The Labute approximate surface area is 140 Å².